The van der Waals surface area contributed by atoms with E-state index in [0.29, 0.717) is 10.0 Å². The van der Waals surface area contributed by atoms with E-state index in [1.807, 2.05) is 0 Å². The highest BCUT2D eigenvalue weighted by atomic mass is 79.9. The lowest BCUT2D eigenvalue weighted by Gasteiger charge is -2.05. The third kappa shape index (κ3) is 1.98. The summed E-state index contributed by atoms with van der Waals surface area (Å²) in [6.07, 6.45) is 0. The van der Waals surface area contributed by atoms with Crippen LogP contribution in [0.15, 0.2) is 21.8 Å². The molecular formula is C9H8BrNO3. The number of carbonyl (C=O) groups is 1. The lowest BCUT2D eigenvalue weighted by atomic mass is 10.1. The van der Waals surface area contributed by atoms with Gasteiger partial charge in [0.2, 0.25) is 0 Å². The molecule has 1 aromatic carbocycles. The van der Waals surface area contributed by atoms with Crippen LogP contribution in [-0.2, 0) is 4.74 Å². The zero-order chi connectivity index (χ0) is 10.7. The monoisotopic (exact) mass is 257 g/mol. The second-order valence-corrected chi connectivity index (χ2v) is 3.50. The Labute approximate surface area is 89.4 Å². The van der Waals surface area contributed by atoms with Crippen LogP contribution in [-0.4, -0.2) is 13.1 Å². The van der Waals surface area contributed by atoms with Gasteiger partial charge < -0.3 is 4.74 Å². The van der Waals surface area contributed by atoms with Crippen molar-refractivity contribution in [3.63, 3.8) is 0 Å². The number of ether oxygens (including phenoxy) is 1. The van der Waals surface area contributed by atoms with Gasteiger partial charge in [0.1, 0.15) is 5.69 Å². The molecule has 0 fully saturated rings. The average molecular weight is 258 g/mol. The van der Waals surface area contributed by atoms with Crippen LogP contribution in [0.2, 0.25) is 0 Å². The standard InChI is InChI=1S/C9H8BrNO3/c1-5-3-6(11-13)4-7(8(5)10)9(12)14-2/h3-4H,1-2H3. The fourth-order valence-corrected chi connectivity index (χ4v) is 1.45. The number of hydrogen-bond acceptors (Lipinski definition) is 4. The molecule has 5 heteroatoms. The topological polar surface area (TPSA) is 55.7 Å². The number of carbonyl (C=O) groups excluding carboxylic acids is 1. The van der Waals surface area contributed by atoms with E-state index in [-0.39, 0.29) is 5.69 Å². The minimum Gasteiger partial charge on any atom is -0.465 e. The van der Waals surface area contributed by atoms with Gasteiger partial charge in [-0.3, -0.25) is 0 Å². The number of methoxy groups -OCH3 is 1. The van der Waals surface area contributed by atoms with Gasteiger partial charge in [-0.25, -0.2) is 4.79 Å². The first-order valence-corrected chi connectivity index (χ1v) is 4.61. The summed E-state index contributed by atoms with van der Waals surface area (Å²) in [6.45, 7) is 1.77. The number of nitroso groups, excluding NO2 is 1. The van der Waals surface area contributed by atoms with Gasteiger partial charge in [0.15, 0.2) is 0 Å². The van der Waals surface area contributed by atoms with Crippen LogP contribution in [0.25, 0.3) is 0 Å². The fraction of sp³-hybridized carbons (Fsp3) is 0.222. The van der Waals surface area contributed by atoms with E-state index in [9.17, 15) is 9.70 Å². The maximum Gasteiger partial charge on any atom is 0.339 e. The Morgan fingerprint density at radius 2 is 2.14 bits per heavy atom. The minimum absolute atomic E-state index is 0.214. The number of nitrogens with zero attached hydrogens (tertiary/aromatic N) is 1. The largest absolute Gasteiger partial charge is 0.465 e. The third-order valence-electron chi connectivity index (χ3n) is 1.75. The van der Waals surface area contributed by atoms with Crippen molar-refractivity contribution < 1.29 is 9.53 Å². The molecule has 0 atom stereocenters. The number of aryl methyl sites for hydroxylation is 1. The zero-order valence-corrected chi connectivity index (χ0v) is 9.29. The third-order valence-corrected chi connectivity index (χ3v) is 2.80. The van der Waals surface area contributed by atoms with Crippen LogP contribution in [0.4, 0.5) is 5.69 Å². The minimum atomic E-state index is -0.495. The maximum absolute atomic E-state index is 11.3. The van der Waals surface area contributed by atoms with Gasteiger partial charge in [0.05, 0.1) is 12.7 Å². The lowest BCUT2D eigenvalue weighted by Crippen LogP contribution is -2.02. The second-order valence-electron chi connectivity index (χ2n) is 2.71. The molecule has 74 valence electrons. The molecular weight excluding hydrogens is 250 g/mol. The van der Waals surface area contributed by atoms with E-state index in [4.69, 9.17) is 0 Å². The SMILES string of the molecule is COC(=O)c1cc(N=O)cc(C)c1Br. The van der Waals surface area contributed by atoms with E-state index in [1.165, 1.54) is 13.2 Å². The molecule has 0 spiro atoms. The zero-order valence-electron chi connectivity index (χ0n) is 7.70. The Morgan fingerprint density at radius 1 is 1.50 bits per heavy atom. The first kappa shape index (κ1) is 10.8. The number of hydrogen-bond donors (Lipinski definition) is 0. The molecule has 0 heterocycles. The Morgan fingerprint density at radius 3 is 2.64 bits per heavy atom. The molecule has 0 aliphatic rings. The molecule has 1 aromatic rings. The number of benzene rings is 1. The number of halogens is 1. The van der Waals surface area contributed by atoms with E-state index in [0.717, 1.165) is 5.56 Å². The Hall–Kier alpha value is -1.23. The van der Waals surface area contributed by atoms with Crippen LogP contribution in [0.3, 0.4) is 0 Å². The summed E-state index contributed by atoms with van der Waals surface area (Å²) in [5, 5.41) is 2.77. The fourth-order valence-electron chi connectivity index (χ4n) is 1.06. The number of esters is 1. The van der Waals surface area contributed by atoms with Crippen LogP contribution in [0, 0.1) is 11.8 Å². The molecule has 0 bridgehead atoms. The summed E-state index contributed by atoms with van der Waals surface area (Å²) in [6, 6.07) is 2.97. The molecule has 0 saturated heterocycles. The molecule has 0 aliphatic carbocycles. The van der Waals surface area contributed by atoms with Crippen LogP contribution in [0.5, 0.6) is 0 Å². The van der Waals surface area contributed by atoms with Crippen molar-refractivity contribution in [2.45, 2.75) is 6.92 Å². The summed E-state index contributed by atoms with van der Waals surface area (Å²) in [5.41, 5.74) is 1.29. The predicted molar refractivity (Wildman–Crippen MR) is 55.7 cm³/mol. The molecule has 4 nitrogen and oxygen atoms in total. The summed E-state index contributed by atoms with van der Waals surface area (Å²) in [5.74, 6) is -0.495. The molecule has 0 radical (unpaired) electrons. The van der Waals surface area contributed by atoms with Gasteiger partial charge in [-0.1, -0.05) is 0 Å². The Kier molecular flexibility index (Phi) is 3.35. The quantitative estimate of drug-likeness (QED) is 0.605. The van der Waals surface area contributed by atoms with Crippen LogP contribution < -0.4 is 0 Å². The summed E-state index contributed by atoms with van der Waals surface area (Å²) >= 11 is 3.24. The molecule has 14 heavy (non-hydrogen) atoms. The van der Waals surface area contributed by atoms with Crippen molar-refractivity contribution in [2.75, 3.05) is 7.11 Å². The van der Waals surface area contributed by atoms with E-state index in [2.05, 4.69) is 25.8 Å². The van der Waals surface area contributed by atoms with Gasteiger partial charge in [0.25, 0.3) is 0 Å². The van der Waals surface area contributed by atoms with Crippen molar-refractivity contribution in [2.24, 2.45) is 5.18 Å². The van der Waals surface area contributed by atoms with Crippen LogP contribution >= 0.6 is 15.9 Å². The predicted octanol–water partition coefficient (Wildman–Crippen LogP) is 2.94. The van der Waals surface area contributed by atoms with E-state index < -0.39 is 5.97 Å². The molecule has 1 rings (SSSR count). The van der Waals surface area contributed by atoms with Crippen molar-refractivity contribution in [1.82, 2.24) is 0 Å². The molecule has 0 aromatic heterocycles. The lowest BCUT2D eigenvalue weighted by molar-refractivity contribution is 0.0599. The molecule has 0 unspecified atom stereocenters. The highest BCUT2D eigenvalue weighted by Gasteiger charge is 2.13. The van der Waals surface area contributed by atoms with E-state index in [1.54, 1.807) is 13.0 Å². The first-order valence-electron chi connectivity index (χ1n) is 3.82. The second kappa shape index (κ2) is 4.32. The van der Waals surface area contributed by atoms with Gasteiger partial charge in [-0.15, -0.1) is 4.91 Å². The van der Waals surface area contributed by atoms with Crippen molar-refractivity contribution in [3.05, 3.63) is 32.6 Å². The van der Waals surface area contributed by atoms with Crippen molar-refractivity contribution in [1.29, 1.82) is 0 Å². The Balaban J connectivity index is 3.33. The molecule has 0 amide bonds. The Bertz CT molecular complexity index is 390. The van der Waals surface area contributed by atoms with Crippen molar-refractivity contribution in [3.8, 4) is 0 Å². The maximum atomic E-state index is 11.3. The smallest absolute Gasteiger partial charge is 0.339 e. The highest BCUT2D eigenvalue weighted by molar-refractivity contribution is 9.10. The molecule has 0 N–H and O–H groups in total. The molecule has 0 saturated carbocycles. The van der Waals surface area contributed by atoms with Crippen LogP contribution in [0.1, 0.15) is 15.9 Å². The average Bonchev–Trinajstić information content (AvgIpc) is 2.20. The molecule has 0 aliphatic heterocycles. The number of rotatable bonds is 2. The summed E-state index contributed by atoms with van der Waals surface area (Å²) < 4.78 is 5.18. The van der Waals surface area contributed by atoms with Gasteiger partial charge in [-0.05, 0) is 45.7 Å². The first-order chi connectivity index (χ1) is 6.60. The highest BCUT2D eigenvalue weighted by Crippen LogP contribution is 2.27. The van der Waals surface area contributed by atoms with Crippen molar-refractivity contribution >= 4 is 27.6 Å². The van der Waals surface area contributed by atoms with Gasteiger partial charge in [0, 0.05) is 4.47 Å². The normalized spacial score (nSPS) is 9.64. The summed E-state index contributed by atoms with van der Waals surface area (Å²) in [4.78, 5) is 21.6. The van der Waals surface area contributed by atoms with Gasteiger partial charge in [-0.2, -0.15) is 0 Å². The van der Waals surface area contributed by atoms with E-state index >= 15 is 0 Å². The summed E-state index contributed by atoms with van der Waals surface area (Å²) in [7, 11) is 1.28. The van der Waals surface area contributed by atoms with Gasteiger partial charge >= 0.3 is 5.97 Å².